The van der Waals surface area contributed by atoms with E-state index in [4.69, 9.17) is 4.74 Å². The summed E-state index contributed by atoms with van der Waals surface area (Å²) in [7, 11) is 1.86. The van der Waals surface area contributed by atoms with Gasteiger partial charge in [-0.15, -0.1) is 35.3 Å². The molecule has 2 N–H and O–H groups in total. The number of ether oxygens (including phenoxy) is 1. The molecule has 2 fully saturated rings. The van der Waals surface area contributed by atoms with E-state index >= 15 is 0 Å². The average Bonchev–Trinajstić information content (AvgIpc) is 3.52. The molecule has 1 aromatic heterocycles. The lowest BCUT2D eigenvalue weighted by molar-refractivity contribution is -0.0265. The van der Waals surface area contributed by atoms with Crippen LogP contribution in [0.2, 0.25) is 0 Å². The second-order valence-corrected chi connectivity index (χ2v) is 9.69. The van der Waals surface area contributed by atoms with Gasteiger partial charge in [0.15, 0.2) is 5.96 Å². The molecule has 0 saturated carbocycles. The highest BCUT2D eigenvalue weighted by Crippen LogP contribution is 2.33. The van der Waals surface area contributed by atoms with Gasteiger partial charge >= 0.3 is 0 Å². The van der Waals surface area contributed by atoms with Crippen LogP contribution in [0.25, 0.3) is 0 Å². The van der Waals surface area contributed by atoms with Gasteiger partial charge in [0.1, 0.15) is 0 Å². The molecule has 0 bridgehead atoms. The molecule has 1 aromatic carbocycles. The molecule has 0 aliphatic carbocycles. The van der Waals surface area contributed by atoms with Gasteiger partial charge < -0.3 is 15.4 Å². The van der Waals surface area contributed by atoms with Crippen molar-refractivity contribution in [1.82, 2.24) is 15.5 Å². The van der Waals surface area contributed by atoms with Gasteiger partial charge in [-0.1, -0.05) is 35.9 Å². The van der Waals surface area contributed by atoms with E-state index in [-0.39, 0.29) is 30.1 Å². The molecule has 4 rings (SSSR count). The third-order valence-corrected chi connectivity index (χ3v) is 7.50. The van der Waals surface area contributed by atoms with Gasteiger partial charge in [-0.05, 0) is 62.7 Å². The number of aryl methyl sites for hydroxylation is 1. The molecule has 32 heavy (non-hydrogen) atoms. The molecule has 176 valence electrons. The van der Waals surface area contributed by atoms with E-state index < -0.39 is 0 Å². The summed E-state index contributed by atoms with van der Waals surface area (Å²) in [5, 5.41) is 9.37. The molecule has 2 saturated heterocycles. The van der Waals surface area contributed by atoms with Gasteiger partial charge in [0, 0.05) is 37.5 Å². The summed E-state index contributed by atoms with van der Waals surface area (Å²) in [6.45, 7) is 7.10. The van der Waals surface area contributed by atoms with Gasteiger partial charge in [-0.2, -0.15) is 0 Å². The number of aliphatic imine (C=N–C) groups is 1. The Labute approximate surface area is 214 Å². The molecule has 2 aliphatic rings. The van der Waals surface area contributed by atoms with Gasteiger partial charge in [0.2, 0.25) is 0 Å². The summed E-state index contributed by atoms with van der Waals surface area (Å²) in [6.07, 6.45) is 5.06. The van der Waals surface area contributed by atoms with E-state index in [0.29, 0.717) is 12.0 Å². The monoisotopic (exact) mass is 568 g/mol. The summed E-state index contributed by atoms with van der Waals surface area (Å²) >= 11 is 1.85. The molecular weight excluding hydrogens is 531 g/mol. The second-order valence-electron chi connectivity index (χ2n) is 8.71. The third kappa shape index (κ3) is 6.68. The lowest BCUT2D eigenvalue weighted by Gasteiger charge is -2.33. The Morgan fingerprint density at radius 3 is 2.62 bits per heavy atom. The van der Waals surface area contributed by atoms with Crippen LogP contribution in [0.4, 0.5) is 0 Å². The molecule has 3 heterocycles. The summed E-state index contributed by atoms with van der Waals surface area (Å²) in [5.74, 6) is 1.33. The van der Waals surface area contributed by atoms with E-state index in [2.05, 4.69) is 69.2 Å². The van der Waals surface area contributed by atoms with Crippen LogP contribution in [0.1, 0.15) is 53.8 Å². The lowest BCUT2D eigenvalue weighted by atomic mass is 9.89. The minimum atomic E-state index is 0. The van der Waals surface area contributed by atoms with Crippen molar-refractivity contribution in [2.75, 3.05) is 39.8 Å². The SMILES string of the molecule is CN=C(NCC1CCCOC1c1ccc(C)cc1)NCC(c1cccs1)N1CCCC1.I. The predicted octanol–water partition coefficient (Wildman–Crippen LogP) is 5.14. The van der Waals surface area contributed by atoms with E-state index in [0.717, 1.165) is 32.1 Å². The maximum Gasteiger partial charge on any atom is 0.191 e. The Morgan fingerprint density at radius 2 is 1.94 bits per heavy atom. The fourth-order valence-corrected chi connectivity index (χ4v) is 5.62. The van der Waals surface area contributed by atoms with Crippen molar-refractivity contribution in [2.45, 2.75) is 44.8 Å². The summed E-state index contributed by atoms with van der Waals surface area (Å²) in [5.41, 5.74) is 2.57. The zero-order valence-corrected chi connectivity index (χ0v) is 22.4. The van der Waals surface area contributed by atoms with Crippen molar-refractivity contribution in [2.24, 2.45) is 10.9 Å². The first-order chi connectivity index (χ1) is 15.2. The van der Waals surface area contributed by atoms with Crippen LogP contribution in [0, 0.1) is 12.8 Å². The summed E-state index contributed by atoms with van der Waals surface area (Å²) in [6, 6.07) is 13.6. The highest BCUT2D eigenvalue weighted by molar-refractivity contribution is 14.0. The topological polar surface area (TPSA) is 48.9 Å². The van der Waals surface area contributed by atoms with Crippen molar-refractivity contribution in [3.05, 3.63) is 57.8 Å². The number of likely N-dealkylation sites (tertiary alicyclic amines) is 1. The first kappa shape index (κ1) is 25.5. The molecular formula is C25H37IN4OS. The zero-order chi connectivity index (χ0) is 21.5. The highest BCUT2D eigenvalue weighted by atomic mass is 127. The minimum Gasteiger partial charge on any atom is -0.373 e. The largest absolute Gasteiger partial charge is 0.373 e. The number of benzene rings is 1. The first-order valence-corrected chi connectivity index (χ1v) is 12.5. The molecule has 2 aliphatic heterocycles. The van der Waals surface area contributed by atoms with Gasteiger partial charge in [-0.25, -0.2) is 0 Å². The van der Waals surface area contributed by atoms with E-state index in [1.165, 1.54) is 48.4 Å². The fourth-order valence-electron chi connectivity index (χ4n) is 4.76. The van der Waals surface area contributed by atoms with Crippen molar-refractivity contribution in [3.8, 4) is 0 Å². The molecule has 0 radical (unpaired) electrons. The van der Waals surface area contributed by atoms with Gasteiger partial charge in [0.05, 0.1) is 12.1 Å². The number of thiophene rings is 1. The highest BCUT2D eigenvalue weighted by Gasteiger charge is 2.28. The number of hydrogen-bond donors (Lipinski definition) is 2. The maximum absolute atomic E-state index is 6.19. The molecule has 7 heteroatoms. The maximum atomic E-state index is 6.19. The standard InChI is InChI=1S/C25H36N4OS.HI/c1-19-9-11-20(12-10-19)24-21(7-5-15-30-24)17-27-25(26-2)28-18-22(23-8-6-16-31-23)29-13-3-4-14-29;/h6,8-12,16,21-22,24H,3-5,7,13-15,17-18H2,1-2H3,(H2,26,27,28);1H. The number of halogens is 1. The molecule has 2 aromatic rings. The van der Waals surface area contributed by atoms with Crippen LogP contribution < -0.4 is 10.6 Å². The zero-order valence-electron chi connectivity index (χ0n) is 19.3. The van der Waals surface area contributed by atoms with E-state index in [1.807, 2.05) is 18.4 Å². The molecule has 0 spiro atoms. The van der Waals surface area contributed by atoms with Crippen LogP contribution in [0.5, 0.6) is 0 Å². The van der Waals surface area contributed by atoms with E-state index in [1.54, 1.807) is 0 Å². The van der Waals surface area contributed by atoms with Crippen LogP contribution >= 0.6 is 35.3 Å². The van der Waals surface area contributed by atoms with Crippen LogP contribution in [-0.2, 0) is 4.74 Å². The Balaban J connectivity index is 0.00000289. The van der Waals surface area contributed by atoms with Crippen LogP contribution in [0.15, 0.2) is 46.8 Å². The third-order valence-electron chi connectivity index (χ3n) is 6.52. The average molecular weight is 569 g/mol. The molecule has 3 unspecified atom stereocenters. The number of nitrogens with one attached hydrogen (secondary N) is 2. The van der Waals surface area contributed by atoms with E-state index in [9.17, 15) is 0 Å². The first-order valence-electron chi connectivity index (χ1n) is 11.6. The molecule has 5 nitrogen and oxygen atoms in total. The normalized spacial score (nSPS) is 22.9. The minimum absolute atomic E-state index is 0. The molecule has 0 amide bonds. The van der Waals surface area contributed by atoms with Crippen molar-refractivity contribution in [1.29, 1.82) is 0 Å². The van der Waals surface area contributed by atoms with Crippen molar-refractivity contribution < 1.29 is 4.74 Å². The fraction of sp³-hybridized carbons (Fsp3) is 0.560. The number of nitrogens with zero attached hydrogens (tertiary/aromatic N) is 2. The van der Waals surface area contributed by atoms with Crippen molar-refractivity contribution in [3.63, 3.8) is 0 Å². The Hall–Kier alpha value is -1.16. The Morgan fingerprint density at radius 1 is 1.16 bits per heavy atom. The molecule has 3 atom stereocenters. The predicted molar refractivity (Wildman–Crippen MR) is 145 cm³/mol. The van der Waals surface area contributed by atoms with Crippen molar-refractivity contribution >= 4 is 41.3 Å². The van der Waals surface area contributed by atoms with Crippen LogP contribution in [-0.4, -0.2) is 50.7 Å². The lowest BCUT2D eigenvalue weighted by Crippen LogP contribution is -2.45. The van der Waals surface area contributed by atoms with Gasteiger partial charge in [-0.3, -0.25) is 9.89 Å². The second kappa shape index (κ2) is 12.9. The number of rotatable bonds is 7. The van der Waals surface area contributed by atoms with Crippen LogP contribution in [0.3, 0.4) is 0 Å². The quantitative estimate of drug-likeness (QED) is 0.276. The Kier molecular flexibility index (Phi) is 10.3. The number of hydrogen-bond acceptors (Lipinski definition) is 4. The smallest absolute Gasteiger partial charge is 0.191 e. The Bertz CT molecular complexity index is 821. The van der Waals surface area contributed by atoms with Gasteiger partial charge in [0.25, 0.3) is 0 Å². The number of guanidine groups is 1. The summed E-state index contributed by atoms with van der Waals surface area (Å²) in [4.78, 5) is 8.54. The summed E-state index contributed by atoms with van der Waals surface area (Å²) < 4.78 is 6.19.